The molecule has 1 amide bonds. The predicted molar refractivity (Wildman–Crippen MR) is 86.8 cm³/mol. The van der Waals surface area contributed by atoms with Gasteiger partial charge in [-0.3, -0.25) is 4.79 Å². The molecule has 1 saturated heterocycles. The van der Waals surface area contributed by atoms with Crippen molar-refractivity contribution in [3.8, 4) is 0 Å². The minimum absolute atomic E-state index is 0.0142. The van der Waals surface area contributed by atoms with Gasteiger partial charge in [0.25, 0.3) is 0 Å². The molecule has 0 spiro atoms. The Morgan fingerprint density at radius 3 is 2.87 bits per heavy atom. The number of aromatic nitrogens is 2. The second kappa shape index (κ2) is 7.39. The van der Waals surface area contributed by atoms with E-state index in [1.807, 2.05) is 29.8 Å². The van der Waals surface area contributed by atoms with Crippen LogP contribution in [0.2, 0.25) is 0 Å². The van der Waals surface area contributed by atoms with Gasteiger partial charge in [0.05, 0.1) is 19.0 Å². The van der Waals surface area contributed by atoms with Crippen molar-refractivity contribution in [1.29, 1.82) is 0 Å². The van der Waals surface area contributed by atoms with Crippen molar-refractivity contribution in [1.82, 2.24) is 20.2 Å². The van der Waals surface area contributed by atoms with Gasteiger partial charge in [-0.15, -0.1) is 0 Å². The maximum Gasteiger partial charge on any atom is 0.240 e. The maximum atomic E-state index is 12.2. The van der Waals surface area contributed by atoms with Crippen molar-refractivity contribution < 1.29 is 9.53 Å². The molecule has 0 bridgehead atoms. The number of hydrogen-bond donors (Lipinski definition) is 2. The fourth-order valence-electron chi connectivity index (χ4n) is 2.68. The number of hydrogen-bond acceptors (Lipinski definition) is 4. The summed E-state index contributed by atoms with van der Waals surface area (Å²) >= 11 is 0. The molecule has 2 aromatic rings. The molecular formula is C17H22N4O2. The molecular weight excluding hydrogens is 292 g/mol. The van der Waals surface area contributed by atoms with E-state index in [-0.39, 0.29) is 18.1 Å². The highest BCUT2D eigenvalue weighted by Gasteiger charge is 2.27. The van der Waals surface area contributed by atoms with Gasteiger partial charge < -0.3 is 19.9 Å². The molecule has 2 atom stereocenters. The minimum atomic E-state index is -0.274. The molecule has 1 aromatic heterocycles. The van der Waals surface area contributed by atoms with Gasteiger partial charge >= 0.3 is 0 Å². The highest BCUT2D eigenvalue weighted by Crippen LogP contribution is 2.08. The summed E-state index contributed by atoms with van der Waals surface area (Å²) in [7, 11) is 0. The van der Waals surface area contributed by atoms with Crippen molar-refractivity contribution in [2.24, 2.45) is 0 Å². The Balaban J connectivity index is 1.51. The van der Waals surface area contributed by atoms with Crippen molar-refractivity contribution in [2.45, 2.75) is 32.2 Å². The van der Waals surface area contributed by atoms with Crippen LogP contribution in [0.5, 0.6) is 0 Å². The zero-order valence-corrected chi connectivity index (χ0v) is 13.2. The number of carbonyl (C=O) groups excluding carboxylic acids is 1. The molecule has 1 aromatic carbocycles. The van der Waals surface area contributed by atoms with Crippen LogP contribution >= 0.6 is 0 Å². The smallest absolute Gasteiger partial charge is 0.240 e. The summed E-state index contributed by atoms with van der Waals surface area (Å²) in [6, 6.07) is 7.96. The Morgan fingerprint density at radius 2 is 2.17 bits per heavy atom. The zero-order valence-electron chi connectivity index (χ0n) is 13.2. The number of nitrogens with zero attached hydrogens (tertiary/aromatic N) is 2. The lowest BCUT2D eigenvalue weighted by Gasteiger charge is -2.29. The van der Waals surface area contributed by atoms with Crippen LogP contribution in [-0.4, -0.2) is 40.8 Å². The highest BCUT2D eigenvalue weighted by molar-refractivity contribution is 5.82. The quantitative estimate of drug-likeness (QED) is 0.861. The molecule has 6 nitrogen and oxygen atoms in total. The number of morpholine rings is 1. The van der Waals surface area contributed by atoms with Gasteiger partial charge in [-0.25, -0.2) is 4.98 Å². The molecule has 1 fully saturated rings. The van der Waals surface area contributed by atoms with Crippen LogP contribution in [0.25, 0.3) is 0 Å². The summed E-state index contributed by atoms with van der Waals surface area (Å²) in [5.74, 6) is -0.0142. The molecule has 23 heavy (non-hydrogen) atoms. The number of rotatable bonds is 5. The third-order valence-electron chi connectivity index (χ3n) is 4.01. The van der Waals surface area contributed by atoms with Crippen LogP contribution in [0.15, 0.2) is 43.0 Å². The van der Waals surface area contributed by atoms with Gasteiger partial charge in [0, 0.05) is 32.0 Å². The van der Waals surface area contributed by atoms with Gasteiger partial charge in [-0.2, -0.15) is 0 Å². The number of amides is 1. The molecule has 2 heterocycles. The molecule has 2 N–H and O–H groups in total. The van der Waals surface area contributed by atoms with Gasteiger partial charge in [-0.05, 0) is 18.1 Å². The van der Waals surface area contributed by atoms with Crippen LogP contribution in [0, 0.1) is 0 Å². The number of benzene rings is 1. The normalized spacial score (nSPS) is 21.1. The zero-order chi connectivity index (χ0) is 16.1. The second-order valence-electron chi connectivity index (χ2n) is 5.78. The van der Waals surface area contributed by atoms with Gasteiger partial charge in [0.1, 0.15) is 6.04 Å². The van der Waals surface area contributed by atoms with E-state index in [1.54, 1.807) is 12.5 Å². The van der Waals surface area contributed by atoms with Gasteiger partial charge in [-0.1, -0.05) is 24.3 Å². The molecule has 6 heteroatoms. The van der Waals surface area contributed by atoms with Crippen molar-refractivity contribution >= 4 is 5.91 Å². The van der Waals surface area contributed by atoms with E-state index >= 15 is 0 Å². The first kappa shape index (κ1) is 15.7. The molecule has 0 radical (unpaired) electrons. The molecule has 0 saturated carbocycles. The Hall–Kier alpha value is -2.18. The molecule has 1 aliphatic heterocycles. The summed E-state index contributed by atoms with van der Waals surface area (Å²) in [5, 5.41) is 6.16. The SMILES string of the molecule is C[C@H]1OCCN[C@@H]1C(=O)NCc1ccc(Cn2ccnc2)cc1. The summed E-state index contributed by atoms with van der Waals surface area (Å²) < 4.78 is 7.52. The Kier molecular flexibility index (Phi) is 5.05. The monoisotopic (exact) mass is 314 g/mol. The molecule has 1 aliphatic rings. The summed E-state index contributed by atoms with van der Waals surface area (Å²) in [5.41, 5.74) is 2.28. The van der Waals surface area contributed by atoms with E-state index in [4.69, 9.17) is 4.74 Å². The number of carbonyl (C=O) groups is 1. The third kappa shape index (κ3) is 4.18. The predicted octanol–water partition coefficient (Wildman–Crippen LogP) is 0.925. The van der Waals surface area contributed by atoms with E-state index in [9.17, 15) is 4.79 Å². The summed E-state index contributed by atoms with van der Waals surface area (Å²) in [4.78, 5) is 16.2. The molecule has 0 aliphatic carbocycles. The minimum Gasteiger partial charge on any atom is -0.375 e. The lowest BCUT2D eigenvalue weighted by molar-refractivity contribution is -0.129. The number of ether oxygens (including phenoxy) is 1. The third-order valence-corrected chi connectivity index (χ3v) is 4.01. The van der Waals surface area contributed by atoms with Gasteiger partial charge in [0.15, 0.2) is 0 Å². The number of imidazole rings is 1. The average molecular weight is 314 g/mol. The molecule has 0 unspecified atom stereocenters. The van der Waals surface area contributed by atoms with Crippen molar-refractivity contribution in [2.75, 3.05) is 13.2 Å². The van der Waals surface area contributed by atoms with Crippen LogP contribution in [-0.2, 0) is 22.6 Å². The fourth-order valence-corrected chi connectivity index (χ4v) is 2.68. The fraction of sp³-hybridized carbons (Fsp3) is 0.412. The van der Waals surface area contributed by atoms with Crippen molar-refractivity contribution in [3.63, 3.8) is 0 Å². The molecule has 122 valence electrons. The van der Waals surface area contributed by atoms with E-state index in [0.717, 1.165) is 12.1 Å². The van der Waals surface area contributed by atoms with Crippen LogP contribution in [0.4, 0.5) is 0 Å². The Bertz CT molecular complexity index is 625. The van der Waals surface area contributed by atoms with Crippen LogP contribution < -0.4 is 10.6 Å². The standard InChI is InChI=1S/C17H22N4O2/c1-13-16(19-7-9-23-13)17(22)20-10-14-2-4-15(5-3-14)11-21-8-6-18-12-21/h2-6,8,12-13,16,19H,7,9-11H2,1H3,(H,20,22)/t13-,16+/m1/s1. The van der Waals surface area contributed by atoms with E-state index in [0.29, 0.717) is 19.7 Å². The summed E-state index contributed by atoms with van der Waals surface area (Å²) in [6.45, 7) is 4.61. The first-order valence-electron chi connectivity index (χ1n) is 7.88. The second-order valence-corrected chi connectivity index (χ2v) is 5.78. The van der Waals surface area contributed by atoms with E-state index < -0.39 is 0 Å². The Morgan fingerprint density at radius 1 is 1.39 bits per heavy atom. The van der Waals surface area contributed by atoms with Crippen molar-refractivity contribution in [3.05, 3.63) is 54.1 Å². The lowest BCUT2D eigenvalue weighted by atomic mass is 10.1. The van der Waals surface area contributed by atoms with E-state index in [1.165, 1.54) is 5.56 Å². The Labute approximate surface area is 135 Å². The first-order valence-corrected chi connectivity index (χ1v) is 7.88. The van der Waals surface area contributed by atoms with Gasteiger partial charge in [0.2, 0.25) is 5.91 Å². The summed E-state index contributed by atoms with van der Waals surface area (Å²) in [6.07, 6.45) is 5.41. The average Bonchev–Trinajstić information content (AvgIpc) is 3.07. The first-order chi connectivity index (χ1) is 11.2. The lowest BCUT2D eigenvalue weighted by Crippen LogP contribution is -2.55. The van der Waals surface area contributed by atoms with Crippen LogP contribution in [0.1, 0.15) is 18.1 Å². The molecule has 3 rings (SSSR count). The van der Waals surface area contributed by atoms with Crippen LogP contribution in [0.3, 0.4) is 0 Å². The largest absolute Gasteiger partial charge is 0.375 e. The van der Waals surface area contributed by atoms with E-state index in [2.05, 4.69) is 27.8 Å². The maximum absolute atomic E-state index is 12.2. The highest BCUT2D eigenvalue weighted by atomic mass is 16.5. The number of nitrogens with one attached hydrogen (secondary N) is 2. The topological polar surface area (TPSA) is 68.2 Å².